The molecule has 2 heterocycles. The Kier molecular flexibility index (Phi) is 6.43. The summed E-state index contributed by atoms with van der Waals surface area (Å²) in [6, 6.07) is 8.92. The molecule has 1 saturated heterocycles. The third kappa shape index (κ3) is 4.20. The lowest BCUT2D eigenvalue weighted by Gasteiger charge is -2.33. The maximum atomic E-state index is 13.1. The molecule has 2 aliphatic rings. The van der Waals surface area contributed by atoms with Gasteiger partial charge in [-0.2, -0.15) is 0 Å². The number of rotatable bonds is 5. The third-order valence-corrected chi connectivity index (χ3v) is 6.19. The van der Waals surface area contributed by atoms with Crippen LogP contribution in [0.3, 0.4) is 0 Å². The molecule has 0 bridgehead atoms. The maximum absolute atomic E-state index is 13.1. The predicted octanol–water partition coefficient (Wildman–Crippen LogP) is 2.14. The Hall–Kier alpha value is -2.97. The lowest BCUT2D eigenvalue weighted by molar-refractivity contribution is 0.0197. The van der Waals surface area contributed by atoms with Crippen molar-refractivity contribution in [2.45, 2.75) is 18.6 Å². The number of aliphatic hydroxyl groups is 1. The van der Waals surface area contributed by atoms with E-state index in [0.717, 1.165) is 24.2 Å². The van der Waals surface area contributed by atoms with Gasteiger partial charge in [0.05, 0.1) is 33.0 Å². The second-order valence-electron chi connectivity index (χ2n) is 8.17. The second kappa shape index (κ2) is 9.26. The standard InChI is InChI=1S/C24H30N2O6/c1-25-7-9-26(10-8-25)24(28)17-6-5-15(11-20(17)30-3)23-19(27)14-18-21(31-4)12-16(29-2)13-22(18)32-23/h5-6,11-13,19,23,27H,7-10,14H2,1-4H3. The number of piperazine rings is 1. The Bertz CT molecular complexity index is 987. The number of likely N-dealkylation sites (N-methyl/N-ethyl adjacent to an activating group) is 1. The molecule has 32 heavy (non-hydrogen) atoms. The minimum atomic E-state index is -0.784. The van der Waals surface area contributed by atoms with Crippen LogP contribution in [0, 0.1) is 0 Å². The molecule has 8 heteroatoms. The van der Waals surface area contributed by atoms with Gasteiger partial charge in [-0.25, -0.2) is 0 Å². The number of methoxy groups -OCH3 is 3. The normalized spacial score (nSPS) is 20.8. The van der Waals surface area contributed by atoms with Crippen molar-refractivity contribution in [2.75, 3.05) is 54.6 Å². The number of ether oxygens (including phenoxy) is 4. The lowest BCUT2D eigenvalue weighted by atomic mass is 9.93. The minimum absolute atomic E-state index is 0.0496. The first-order chi connectivity index (χ1) is 15.4. The summed E-state index contributed by atoms with van der Waals surface area (Å²) in [7, 11) is 6.75. The number of aliphatic hydroxyl groups excluding tert-OH is 1. The molecule has 0 aromatic heterocycles. The minimum Gasteiger partial charge on any atom is -0.496 e. The number of carbonyl (C=O) groups excluding carboxylic acids is 1. The van der Waals surface area contributed by atoms with Crippen LogP contribution in [0.15, 0.2) is 30.3 Å². The van der Waals surface area contributed by atoms with E-state index < -0.39 is 12.2 Å². The highest BCUT2D eigenvalue weighted by atomic mass is 16.5. The van der Waals surface area contributed by atoms with Gasteiger partial charge in [0.25, 0.3) is 5.91 Å². The molecule has 1 amide bonds. The van der Waals surface area contributed by atoms with Crippen molar-refractivity contribution in [3.63, 3.8) is 0 Å². The molecule has 2 unspecified atom stereocenters. The topological polar surface area (TPSA) is 80.7 Å². The second-order valence-corrected chi connectivity index (χ2v) is 8.17. The zero-order valence-electron chi connectivity index (χ0n) is 19.0. The van der Waals surface area contributed by atoms with Gasteiger partial charge in [-0.05, 0) is 24.7 Å². The molecule has 0 saturated carbocycles. The van der Waals surface area contributed by atoms with E-state index in [1.54, 1.807) is 45.6 Å². The molecule has 4 rings (SSSR count). The Morgan fingerprint density at radius 3 is 2.38 bits per heavy atom. The molecule has 8 nitrogen and oxygen atoms in total. The van der Waals surface area contributed by atoms with Gasteiger partial charge in [0.15, 0.2) is 0 Å². The van der Waals surface area contributed by atoms with E-state index >= 15 is 0 Å². The van der Waals surface area contributed by atoms with E-state index in [4.69, 9.17) is 18.9 Å². The van der Waals surface area contributed by atoms with E-state index in [2.05, 4.69) is 11.9 Å². The van der Waals surface area contributed by atoms with Gasteiger partial charge in [0.1, 0.15) is 29.1 Å². The number of benzene rings is 2. The summed E-state index contributed by atoms with van der Waals surface area (Å²) in [6.07, 6.45) is -1.02. The molecular formula is C24H30N2O6. The smallest absolute Gasteiger partial charge is 0.257 e. The molecule has 2 atom stereocenters. The number of amides is 1. The van der Waals surface area contributed by atoms with Gasteiger partial charge in [0, 0.05) is 50.3 Å². The van der Waals surface area contributed by atoms with Crippen LogP contribution in [-0.4, -0.2) is 81.5 Å². The van der Waals surface area contributed by atoms with E-state index in [1.165, 1.54) is 0 Å². The molecule has 0 spiro atoms. The van der Waals surface area contributed by atoms with Gasteiger partial charge < -0.3 is 33.9 Å². The van der Waals surface area contributed by atoms with Gasteiger partial charge in [-0.3, -0.25) is 4.79 Å². The van der Waals surface area contributed by atoms with Crippen LogP contribution in [0.25, 0.3) is 0 Å². The fraction of sp³-hybridized carbons (Fsp3) is 0.458. The van der Waals surface area contributed by atoms with Crippen LogP contribution >= 0.6 is 0 Å². The van der Waals surface area contributed by atoms with Gasteiger partial charge in [0.2, 0.25) is 0 Å². The van der Waals surface area contributed by atoms with Crippen molar-refractivity contribution >= 4 is 5.91 Å². The Morgan fingerprint density at radius 1 is 1.00 bits per heavy atom. The van der Waals surface area contributed by atoms with Crippen molar-refractivity contribution in [2.24, 2.45) is 0 Å². The summed E-state index contributed by atoms with van der Waals surface area (Å²) in [4.78, 5) is 17.1. The van der Waals surface area contributed by atoms with Crippen molar-refractivity contribution in [1.82, 2.24) is 9.80 Å². The van der Waals surface area contributed by atoms with E-state index in [0.29, 0.717) is 48.1 Å². The summed E-state index contributed by atoms with van der Waals surface area (Å²) < 4.78 is 22.5. The van der Waals surface area contributed by atoms with Crippen LogP contribution in [0.5, 0.6) is 23.0 Å². The molecule has 2 aromatic carbocycles. The SMILES string of the molecule is COc1cc(OC)c2c(c1)OC(c1ccc(C(=O)N3CCN(C)CC3)c(OC)c1)C(O)C2. The molecule has 2 aliphatic heterocycles. The number of nitrogens with zero attached hydrogens (tertiary/aromatic N) is 2. The summed E-state index contributed by atoms with van der Waals surface area (Å²) in [5.41, 5.74) is 2.04. The van der Waals surface area contributed by atoms with E-state index in [9.17, 15) is 9.90 Å². The summed E-state index contributed by atoms with van der Waals surface area (Å²) >= 11 is 0. The average molecular weight is 443 g/mol. The number of hydrogen-bond acceptors (Lipinski definition) is 7. The molecule has 0 aliphatic carbocycles. The fourth-order valence-corrected chi connectivity index (χ4v) is 4.27. The van der Waals surface area contributed by atoms with Crippen LogP contribution in [-0.2, 0) is 6.42 Å². The highest BCUT2D eigenvalue weighted by molar-refractivity contribution is 5.97. The third-order valence-electron chi connectivity index (χ3n) is 6.19. The first-order valence-electron chi connectivity index (χ1n) is 10.7. The van der Waals surface area contributed by atoms with Crippen molar-refractivity contribution < 1.29 is 28.8 Å². The van der Waals surface area contributed by atoms with Crippen molar-refractivity contribution in [3.05, 3.63) is 47.0 Å². The van der Waals surface area contributed by atoms with Crippen LogP contribution in [0.2, 0.25) is 0 Å². The molecule has 1 fully saturated rings. The number of carbonyl (C=O) groups is 1. The summed E-state index contributed by atoms with van der Waals surface area (Å²) in [6.45, 7) is 3.07. The lowest BCUT2D eigenvalue weighted by Crippen LogP contribution is -2.47. The van der Waals surface area contributed by atoms with E-state index in [1.807, 2.05) is 11.0 Å². The van der Waals surface area contributed by atoms with Crippen LogP contribution < -0.4 is 18.9 Å². The molecule has 2 aromatic rings. The Labute approximate surface area is 188 Å². The van der Waals surface area contributed by atoms with Gasteiger partial charge in [-0.15, -0.1) is 0 Å². The first kappa shape index (κ1) is 22.2. The molecule has 1 N–H and O–H groups in total. The maximum Gasteiger partial charge on any atom is 0.257 e. The quantitative estimate of drug-likeness (QED) is 0.760. The molecule has 0 radical (unpaired) electrons. The summed E-state index contributed by atoms with van der Waals surface area (Å²) in [5.74, 6) is 2.25. The first-order valence-corrected chi connectivity index (χ1v) is 10.7. The molecule has 172 valence electrons. The zero-order valence-corrected chi connectivity index (χ0v) is 19.0. The number of fused-ring (bicyclic) bond motifs is 1. The van der Waals surface area contributed by atoms with Crippen molar-refractivity contribution in [1.29, 1.82) is 0 Å². The Balaban J connectivity index is 1.61. The van der Waals surface area contributed by atoms with Crippen molar-refractivity contribution in [3.8, 4) is 23.0 Å². The van der Waals surface area contributed by atoms with E-state index in [-0.39, 0.29) is 5.91 Å². The average Bonchev–Trinajstić information content (AvgIpc) is 2.82. The monoisotopic (exact) mass is 442 g/mol. The summed E-state index contributed by atoms with van der Waals surface area (Å²) in [5, 5.41) is 10.9. The predicted molar refractivity (Wildman–Crippen MR) is 119 cm³/mol. The highest BCUT2D eigenvalue weighted by Crippen LogP contribution is 2.43. The number of hydrogen-bond donors (Lipinski definition) is 1. The highest BCUT2D eigenvalue weighted by Gasteiger charge is 2.33. The van der Waals surface area contributed by atoms with Crippen LogP contribution in [0.4, 0.5) is 0 Å². The fourth-order valence-electron chi connectivity index (χ4n) is 4.27. The zero-order chi connectivity index (χ0) is 22.8. The van der Waals surface area contributed by atoms with Gasteiger partial charge in [-0.1, -0.05) is 6.07 Å². The molecular weight excluding hydrogens is 412 g/mol. The van der Waals surface area contributed by atoms with Crippen LogP contribution in [0.1, 0.15) is 27.6 Å². The van der Waals surface area contributed by atoms with Gasteiger partial charge >= 0.3 is 0 Å². The largest absolute Gasteiger partial charge is 0.496 e. The Morgan fingerprint density at radius 2 is 1.72 bits per heavy atom.